The highest BCUT2D eigenvalue weighted by Crippen LogP contribution is 2.12. The summed E-state index contributed by atoms with van der Waals surface area (Å²) in [5.74, 6) is 0. The largest absolute Gasteiger partial charge is 0.388 e. The molecule has 1 N–H and O–H groups in total. The zero-order chi connectivity index (χ0) is 12.0. The number of benzene rings is 1. The van der Waals surface area contributed by atoms with E-state index in [-0.39, 0.29) is 0 Å². The molecule has 1 aromatic carbocycles. The SMILES string of the molecule is C/N=C/c1cc(/C=N/C(C)C)cc(NC)c1. The summed E-state index contributed by atoms with van der Waals surface area (Å²) in [6, 6.07) is 6.51. The molecule has 0 saturated carbocycles. The summed E-state index contributed by atoms with van der Waals surface area (Å²) in [7, 11) is 3.68. The predicted octanol–water partition coefficient (Wildman–Crippen LogP) is 2.60. The van der Waals surface area contributed by atoms with E-state index in [4.69, 9.17) is 0 Å². The summed E-state index contributed by atoms with van der Waals surface area (Å²) in [4.78, 5) is 8.39. The van der Waals surface area contributed by atoms with Crippen molar-refractivity contribution in [1.82, 2.24) is 0 Å². The number of aliphatic imine (C=N–C) groups is 2. The summed E-state index contributed by atoms with van der Waals surface area (Å²) in [5.41, 5.74) is 3.25. The summed E-state index contributed by atoms with van der Waals surface area (Å²) in [5, 5.41) is 3.13. The van der Waals surface area contributed by atoms with Crippen LogP contribution in [0.4, 0.5) is 5.69 Å². The smallest absolute Gasteiger partial charge is 0.0443 e. The Hall–Kier alpha value is -1.64. The van der Waals surface area contributed by atoms with Gasteiger partial charge in [-0.05, 0) is 43.2 Å². The summed E-state index contributed by atoms with van der Waals surface area (Å²) in [6.45, 7) is 4.12. The number of hydrogen-bond acceptors (Lipinski definition) is 3. The second kappa shape index (κ2) is 6.05. The Labute approximate surface area is 97.3 Å². The van der Waals surface area contributed by atoms with Gasteiger partial charge in [-0.1, -0.05) is 0 Å². The molecule has 0 fully saturated rings. The summed E-state index contributed by atoms with van der Waals surface area (Å²) in [6.07, 6.45) is 3.74. The molecule has 0 heterocycles. The van der Waals surface area contributed by atoms with E-state index in [2.05, 4.69) is 47.3 Å². The third-order valence-electron chi connectivity index (χ3n) is 2.07. The average Bonchev–Trinajstić information content (AvgIpc) is 2.26. The van der Waals surface area contributed by atoms with Crippen LogP contribution in [0, 0.1) is 0 Å². The lowest BCUT2D eigenvalue weighted by Gasteiger charge is -2.04. The van der Waals surface area contributed by atoms with E-state index in [9.17, 15) is 0 Å². The summed E-state index contributed by atoms with van der Waals surface area (Å²) < 4.78 is 0. The number of nitrogens with zero attached hydrogens (tertiary/aromatic N) is 2. The van der Waals surface area contributed by atoms with Crippen molar-refractivity contribution >= 4 is 18.1 Å². The van der Waals surface area contributed by atoms with Crippen molar-refractivity contribution in [3.63, 3.8) is 0 Å². The van der Waals surface area contributed by atoms with Crippen molar-refractivity contribution in [2.45, 2.75) is 19.9 Å². The molecule has 0 amide bonds. The first-order valence-electron chi connectivity index (χ1n) is 5.44. The fraction of sp³-hybridized carbons (Fsp3) is 0.385. The molecule has 0 spiro atoms. The van der Waals surface area contributed by atoms with Crippen LogP contribution in [0.5, 0.6) is 0 Å². The van der Waals surface area contributed by atoms with Gasteiger partial charge in [-0.2, -0.15) is 0 Å². The quantitative estimate of drug-likeness (QED) is 0.773. The average molecular weight is 217 g/mol. The van der Waals surface area contributed by atoms with Gasteiger partial charge in [0.2, 0.25) is 0 Å². The molecule has 3 heteroatoms. The number of rotatable bonds is 4. The third-order valence-corrected chi connectivity index (χ3v) is 2.07. The van der Waals surface area contributed by atoms with Crippen LogP contribution < -0.4 is 5.32 Å². The second-order valence-corrected chi connectivity index (χ2v) is 3.90. The molecule has 3 nitrogen and oxygen atoms in total. The fourth-order valence-corrected chi connectivity index (χ4v) is 1.35. The molecule has 1 rings (SSSR count). The van der Waals surface area contributed by atoms with Crippen molar-refractivity contribution in [3.05, 3.63) is 29.3 Å². The van der Waals surface area contributed by atoms with Crippen molar-refractivity contribution in [3.8, 4) is 0 Å². The number of anilines is 1. The van der Waals surface area contributed by atoms with Crippen LogP contribution in [-0.2, 0) is 0 Å². The topological polar surface area (TPSA) is 36.8 Å². The van der Waals surface area contributed by atoms with Crippen LogP contribution in [0.2, 0.25) is 0 Å². The molecule has 0 unspecified atom stereocenters. The van der Waals surface area contributed by atoms with Gasteiger partial charge in [0, 0.05) is 38.3 Å². The maximum Gasteiger partial charge on any atom is 0.0443 e. The van der Waals surface area contributed by atoms with E-state index >= 15 is 0 Å². The first-order valence-corrected chi connectivity index (χ1v) is 5.44. The van der Waals surface area contributed by atoms with Crippen LogP contribution in [0.3, 0.4) is 0 Å². The Morgan fingerprint density at radius 1 is 1.12 bits per heavy atom. The fourth-order valence-electron chi connectivity index (χ4n) is 1.35. The molecule has 0 aliphatic carbocycles. The molecular formula is C13H19N3. The maximum absolute atomic E-state index is 4.37. The monoisotopic (exact) mass is 217 g/mol. The zero-order valence-electron chi connectivity index (χ0n) is 10.4. The first-order chi connectivity index (χ1) is 7.65. The van der Waals surface area contributed by atoms with Crippen molar-refractivity contribution in [1.29, 1.82) is 0 Å². The van der Waals surface area contributed by atoms with E-state index < -0.39 is 0 Å². The van der Waals surface area contributed by atoms with Crippen molar-refractivity contribution in [2.75, 3.05) is 19.4 Å². The number of hydrogen-bond donors (Lipinski definition) is 1. The Morgan fingerprint density at radius 3 is 2.25 bits per heavy atom. The van der Waals surface area contributed by atoms with E-state index in [1.165, 1.54) is 0 Å². The summed E-state index contributed by atoms with van der Waals surface area (Å²) >= 11 is 0. The van der Waals surface area contributed by atoms with Gasteiger partial charge >= 0.3 is 0 Å². The second-order valence-electron chi connectivity index (χ2n) is 3.90. The molecule has 86 valence electrons. The Morgan fingerprint density at radius 2 is 1.75 bits per heavy atom. The Balaban J connectivity index is 3.04. The first kappa shape index (κ1) is 12.4. The van der Waals surface area contributed by atoms with Crippen LogP contribution >= 0.6 is 0 Å². The van der Waals surface area contributed by atoms with Gasteiger partial charge in [0.05, 0.1) is 0 Å². The van der Waals surface area contributed by atoms with E-state index in [1.54, 1.807) is 7.05 Å². The van der Waals surface area contributed by atoms with E-state index in [0.717, 1.165) is 16.8 Å². The van der Waals surface area contributed by atoms with Crippen LogP contribution in [0.1, 0.15) is 25.0 Å². The normalized spacial score (nSPS) is 11.8. The lowest BCUT2D eigenvalue weighted by molar-refractivity contribution is 0.841. The molecule has 0 radical (unpaired) electrons. The zero-order valence-corrected chi connectivity index (χ0v) is 10.4. The van der Waals surface area contributed by atoms with Gasteiger partial charge in [-0.25, -0.2) is 0 Å². The molecule has 16 heavy (non-hydrogen) atoms. The minimum Gasteiger partial charge on any atom is -0.388 e. The van der Waals surface area contributed by atoms with E-state index in [0.29, 0.717) is 6.04 Å². The van der Waals surface area contributed by atoms with Crippen LogP contribution in [0.15, 0.2) is 28.2 Å². The van der Waals surface area contributed by atoms with E-state index in [1.807, 2.05) is 19.5 Å². The lowest BCUT2D eigenvalue weighted by atomic mass is 10.1. The highest BCUT2D eigenvalue weighted by Gasteiger charge is 1.97. The highest BCUT2D eigenvalue weighted by molar-refractivity contribution is 5.88. The molecular weight excluding hydrogens is 198 g/mol. The molecule has 0 saturated heterocycles. The van der Waals surface area contributed by atoms with Gasteiger partial charge in [-0.3, -0.25) is 9.98 Å². The predicted molar refractivity (Wildman–Crippen MR) is 72.2 cm³/mol. The van der Waals surface area contributed by atoms with Crippen molar-refractivity contribution in [2.24, 2.45) is 9.98 Å². The Kier molecular flexibility index (Phi) is 4.70. The molecule has 0 bridgehead atoms. The van der Waals surface area contributed by atoms with Crippen molar-refractivity contribution < 1.29 is 0 Å². The standard InChI is InChI=1S/C13H19N3/c1-10(2)16-9-12-5-11(8-14-3)6-13(7-12)15-4/h5-10,15H,1-4H3/b14-8+,16-9+. The molecule has 0 aliphatic rings. The Bertz CT molecular complexity index is 392. The minimum atomic E-state index is 0.321. The van der Waals surface area contributed by atoms with Crippen LogP contribution in [0.25, 0.3) is 0 Å². The molecule has 0 aliphatic heterocycles. The third kappa shape index (κ3) is 3.85. The minimum absolute atomic E-state index is 0.321. The molecule has 0 atom stereocenters. The lowest BCUT2D eigenvalue weighted by Crippen LogP contribution is -1.95. The molecule has 1 aromatic rings. The van der Waals surface area contributed by atoms with Gasteiger partial charge in [0.25, 0.3) is 0 Å². The maximum atomic E-state index is 4.37. The molecule has 0 aromatic heterocycles. The van der Waals surface area contributed by atoms with Gasteiger partial charge in [0.1, 0.15) is 0 Å². The van der Waals surface area contributed by atoms with Gasteiger partial charge < -0.3 is 5.32 Å². The van der Waals surface area contributed by atoms with Gasteiger partial charge in [0.15, 0.2) is 0 Å². The number of nitrogens with one attached hydrogen (secondary N) is 1. The van der Waals surface area contributed by atoms with Gasteiger partial charge in [-0.15, -0.1) is 0 Å². The van der Waals surface area contributed by atoms with Crippen LogP contribution in [-0.4, -0.2) is 32.6 Å². The highest BCUT2D eigenvalue weighted by atomic mass is 14.8.